The van der Waals surface area contributed by atoms with Gasteiger partial charge in [-0.25, -0.2) is 0 Å². The Kier molecular flexibility index (Phi) is 7.87. The van der Waals surface area contributed by atoms with Gasteiger partial charge in [-0.3, -0.25) is 0 Å². The minimum Gasteiger partial charge on any atom is -0.311 e. The topological polar surface area (TPSA) is 11.4 Å². The first-order valence-electron chi connectivity index (χ1n) is 23.6. The molecule has 3 heterocycles. The molecule has 15 rings (SSSR count). The molecule has 0 unspecified atom stereocenters. The third-order valence-electron chi connectivity index (χ3n) is 14.9. The van der Waals surface area contributed by atoms with Crippen LogP contribution in [0.4, 0.5) is 34.1 Å². The standard InChI is InChI=1S/C64H40BN3/c1-5-16-41(17-6-1)43-28-32-48(33-29-43)67-56-36-31-45(42-18-7-2-8-19-42)38-55(56)65-54-35-34-53-51-26-14-13-25-50(51)52-27-15-20-44-30-37-57-62(60(44)52)61(53)64(54)68(57)59-40-49(39-58(67)63(59)65)66(46-21-9-3-10-22-46)47-23-11-4-12-24-47/h1-40H. The van der Waals surface area contributed by atoms with Crippen LogP contribution in [0.2, 0.25) is 0 Å². The second-order valence-electron chi connectivity index (χ2n) is 18.4. The van der Waals surface area contributed by atoms with E-state index in [1.807, 2.05) is 0 Å². The average Bonchev–Trinajstić information content (AvgIpc) is 3.70. The molecule has 12 aromatic rings. The molecule has 0 fully saturated rings. The summed E-state index contributed by atoms with van der Waals surface area (Å²) >= 11 is 0. The number of fused-ring (bicyclic) bond motifs is 8. The van der Waals surface area contributed by atoms with Gasteiger partial charge in [0.25, 0.3) is 6.71 Å². The van der Waals surface area contributed by atoms with Crippen LogP contribution < -0.4 is 26.2 Å². The summed E-state index contributed by atoms with van der Waals surface area (Å²) in [4.78, 5) is 4.97. The Labute approximate surface area is 395 Å². The molecule has 0 N–H and O–H groups in total. The van der Waals surface area contributed by atoms with Crippen LogP contribution in [0.5, 0.6) is 0 Å². The number of benzene rings is 11. The summed E-state index contributed by atoms with van der Waals surface area (Å²) in [7, 11) is 0. The fourth-order valence-corrected chi connectivity index (χ4v) is 12.0. The highest BCUT2D eigenvalue weighted by molar-refractivity contribution is 7.00. The van der Waals surface area contributed by atoms with Crippen LogP contribution in [0.3, 0.4) is 0 Å². The lowest BCUT2D eigenvalue weighted by molar-refractivity contribution is 1.16. The largest absolute Gasteiger partial charge is 0.311 e. The molecule has 0 saturated heterocycles. The summed E-state index contributed by atoms with van der Waals surface area (Å²) in [6, 6.07) is 90.1. The number of hydrogen-bond acceptors (Lipinski definition) is 2. The van der Waals surface area contributed by atoms with E-state index in [4.69, 9.17) is 0 Å². The van der Waals surface area contributed by atoms with Gasteiger partial charge in [0.1, 0.15) is 0 Å². The van der Waals surface area contributed by atoms with Gasteiger partial charge in [0, 0.05) is 44.9 Å². The zero-order chi connectivity index (χ0) is 44.5. The van der Waals surface area contributed by atoms with Gasteiger partial charge in [-0.05, 0) is 132 Å². The van der Waals surface area contributed by atoms with E-state index in [2.05, 4.69) is 257 Å². The van der Waals surface area contributed by atoms with Crippen molar-refractivity contribution in [3.63, 3.8) is 0 Å². The predicted molar refractivity (Wildman–Crippen MR) is 288 cm³/mol. The molecule has 11 aromatic carbocycles. The van der Waals surface area contributed by atoms with Gasteiger partial charge < -0.3 is 14.4 Å². The highest BCUT2D eigenvalue weighted by Gasteiger charge is 2.44. The van der Waals surface area contributed by atoms with E-state index in [0.29, 0.717) is 0 Å². The minimum absolute atomic E-state index is 0.0513. The molecule has 3 aliphatic rings. The van der Waals surface area contributed by atoms with Crippen LogP contribution in [0.25, 0.3) is 82.8 Å². The highest BCUT2D eigenvalue weighted by atomic mass is 15.2. The van der Waals surface area contributed by atoms with Gasteiger partial charge in [0.05, 0.1) is 16.7 Å². The number of para-hydroxylation sites is 2. The van der Waals surface area contributed by atoms with Crippen molar-refractivity contribution < 1.29 is 0 Å². The number of rotatable bonds is 6. The van der Waals surface area contributed by atoms with E-state index >= 15 is 0 Å². The lowest BCUT2D eigenvalue weighted by Gasteiger charge is -2.41. The summed E-state index contributed by atoms with van der Waals surface area (Å²) in [6.45, 7) is -0.0513. The fourth-order valence-electron chi connectivity index (χ4n) is 12.0. The molecule has 3 nitrogen and oxygen atoms in total. The predicted octanol–water partition coefficient (Wildman–Crippen LogP) is 15.0. The molecule has 0 amide bonds. The van der Waals surface area contributed by atoms with Crippen molar-refractivity contribution in [3.05, 3.63) is 243 Å². The van der Waals surface area contributed by atoms with Crippen molar-refractivity contribution in [1.29, 1.82) is 0 Å². The van der Waals surface area contributed by atoms with Crippen LogP contribution in [0.1, 0.15) is 0 Å². The number of hydrogen-bond donors (Lipinski definition) is 0. The first-order chi connectivity index (χ1) is 33.8. The van der Waals surface area contributed by atoms with Crippen molar-refractivity contribution in [2.45, 2.75) is 0 Å². The normalized spacial score (nSPS) is 12.6. The molecule has 0 bridgehead atoms. The Morgan fingerprint density at radius 3 is 1.60 bits per heavy atom. The quantitative estimate of drug-likeness (QED) is 0.154. The van der Waals surface area contributed by atoms with Crippen LogP contribution in [0.15, 0.2) is 243 Å². The smallest absolute Gasteiger partial charge is 0.252 e. The molecule has 0 atom stereocenters. The molecule has 4 heteroatoms. The van der Waals surface area contributed by atoms with E-state index in [-0.39, 0.29) is 6.71 Å². The lowest BCUT2D eigenvalue weighted by atomic mass is 9.33. The molecule has 1 aliphatic carbocycles. The fraction of sp³-hybridized carbons (Fsp3) is 0. The van der Waals surface area contributed by atoms with Crippen LogP contribution in [0, 0.1) is 0 Å². The lowest BCUT2D eigenvalue weighted by Crippen LogP contribution is -2.60. The third kappa shape index (κ3) is 5.26. The first kappa shape index (κ1) is 37.4. The molecule has 0 saturated carbocycles. The zero-order valence-electron chi connectivity index (χ0n) is 37.0. The molecule has 2 aliphatic heterocycles. The Morgan fingerprint density at radius 1 is 0.338 bits per heavy atom. The maximum atomic E-state index is 2.64. The molecule has 1 aromatic heterocycles. The maximum Gasteiger partial charge on any atom is 0.252 e. The molecule has 314 valence electrons. The summed E-state index contributed by atoms with van der Waals surface area (Å²) < 4.78 is 2.64. The molecule has 0 radical (unpaired) electrons. The maximum absolute atomic E-state index is 2.64. The van der Waals surface area contributed by atoms with Crippen LogP contribution in [-0.4, -0.2) is 11.3 Å². The van der Waals surface area contributed by atoms with Crippen molar-refractivity contribution in [2.24, 2.45) is 0 Å². The van der Waals surface area contributed by atoms with Crippen molar-refractivity contribution in [2.75, 3.05) is 9.80 Å². The van der Waals surface area contributed by atoms with Gasteiger partial charge in [-0.15, -0.1) is 0 Å². The Hall–Kier alpha value is -8.86. The molecule has 68 heavy (non-hydrogen) atoms. The second-order valence-corrected chi connectivity index (χ2v) is 18.4. The Morgan fingerprint density at radius 2 is 0.912 bits per heavy atom. The van der Waals surface area contributed by atoms with Gasteiger partial charge >= 0.3 is 0 Å². The molecular weight excluding hydrogens is 822 g/mol. The summed E-state index contributed by atoms with van der Waals surface area (Å²) in [5, 5.41) is 5.25. The van der Waals surface area contributed by atoms with E-state index in [9.17, 15) is 0 Å². The van der Waals surface area contributed by atoms with Gasteiger partial charge in [-0.2, -0.15) is 0 Å². The SMILES string of the molecule is c1ccc(-c2ccc(N3c4ccc(-c5ccccc5)cc4B4c5c3cc(N(c3ccccc3)c3ccccc3)cc5-n3c5ccc6cccc7c6c5c5c(ccc4c53)-c3ccccc3-7)cc2)cc1. The number of aromatic nitrogens is 1. The van der Waals surface area contributed by atoms with E-state index in [1.165, 1.54) is 111 Å². The van der Waals surface area contributed by atoms with Gasteiger partial charge in [0.15, 0.2) is 0 Å². The third-order valence-corrected chi connectivity index (χ3v) is 14.9. The van der Waals surface area contributed by atoms with Crippen molar-refractivity contribution >= 4 is 89.8 Å². The number of nitrogens with zero attached hydrogens (tertiary/aromatic N) is 3. The minimum atomic E-state index is -0.0513. The summed E-state index contributed by atoms with van der Waals surface area (Å²) in [5.74, 6) is 0. The summed E-state index contributed by atoms with van der Waals surface area (Å²) in [5.41, 5.74) is 24.4. The van der Waals surface area contributed by atoms with Crippen molar-refractivity contribution in [1.82, 2.24) is 4.57 Å². The summed E-state index contributed by atoms with van der Waals surface area (Å²) in [6.07, 6.45) is 0. The highest BCUT2D eigenvalue weighted by Crippen LogP contribution is 2.52. The average molecular weight is 862 g/mol. The van der Waals surface area contributed by atoms with Crippen LogP contribution in [-0.2, 0) is 0 Å². The molecule has 0 spiro atoms. The van der Waals surface area contributed by atoms with E-state index in [0.717, 1.165) is 22.7 Å². The van der Waals surface area contributed by atoms with E-state index < -0.39 is 0 Å². The number of anilines is 6. The monoisotopic (exact) mass is 861 g/mol. The van der Waals surface area contributed by atoms with E-state index in [1.54, 1.807) is 0 Å². The van der Waals surface area contributed by atoms with Gasteiger partial charge in [0.2, 0.25) is 0 Å². The van der Waals surface area contributed by atoms with Crippen molar-refractivity contribution in [3.8, 4) is 50.2 Å². The molecular formula is C64H40BN3. The Balaban J connectivity index is 1.10. The van der Waals surface area contributed by atoms with Gasteiger partial charge in [-0.1, -0.05) is 182 Å². The second kappa shape index (κ2) is 14.3. The Bertz CT molecular complexity index is 3970. The zero-order valence-corrected chi connectivity index (χ0v) is 37.0. The van der Waals surface area contributed by atoms with Crippen LogP contribution >= 0.6 is 0 Å². The first-order valence-corrected chi connectivity index (χ1v) is 23.6.